The van der Waals surface area contributed by atoms with Crippen LogP contribution in [-0.4, -0.2) is 18.5 Å². The standard InChI is InChI=1S/C19H16ClN3O3/c1-2-26-19(25)14-7-3-5-9-16(14)23-18(24)13(11-21)12-22-17-10-6-4-8-15(17)20/h3-10,12,22H,2H2,1H3,(H,23,24)/b13-12-. The van der Waals surface area contributed by atoms with Crippen molar-refractivity contribution in [1.82, 2.24) is 0 Å². The fourth-order valence-electron chi connectivity index (χ4n) is 2.05. The molecule has 0 heterocycles. The number of nitriles is 1. The minimum absolute atomic E-state index is 0.177. The van der Waals surface area contributed by atoms with Crippen LogP contribution < -0.4 is 10.6 Å². The Bertz CT molecular complexity index is 888. The Morgan fingerprint density at radius 3 is 2.46 bits per heavy atom. The number of nitrogens with one attached hydrogen (secondary N) is 2. The number of esters is 1. The molecule has 2 aromatic carbocycles. The van der Waals surface area contributed by atoms with Gasteiger partial charge in [0.2, 0.25) is 0 Å². The van der Waals surface area contributed by atoms with Crippen LogP contribution in [0, 0.1) is 11.3 Å². The van der Waals surface area contributed by atoms with Gasteiger partial charge in [-0.1, -0.05) is 35.9 Å². The van der Waals surface area contributed by atoms with E-state index in [1.165, 1.54) is 12.3 Å². The van der Waals surface area contributed by atoms with E-state index >= 15 is 0 Å². The molecule has 0 aliphatic rings. The summed E-state index contributed by atoms with van der Waals surface area (Å²) in [6.07, 6.45) is 1.25. The van der Waals surface area contributed by atoms with Gasteiger partial charge in [-0.15, -0.1) is 0 Å². The zero-order valence-corrected chi connectivity index (χ0v) is 14.7. The summed E-state index contributed by atoms with van der Waals surface area (Å²) in [5, 5.41) is 15.1. The molecule has 26 heavy (non-hydrogen) atoms. The number of carbonyl (C=O) groups is 2. The van der Waals surface area contributed by atoms with Crippen molar-refractivity contribution in [3.8, 4) is 6.07 Å². The topological polar surface area (TPSA) is 91.2 Å². The summed E-state index contributed by atoms with van der Waals surface area (Å²) in [5.74, 6) is -1.22. The van der Waals surface area contributed by atoms with Gasteiger partial charge >= 0.3 is 5.97 Å². The lowest BCUT2D eigenvalue weighted by molar-refractivity contribution is -0.112. The second kappa shape index (κ2) is 9.25. The van der Waals surface area contributed by atoms with E-state index in [9.17, 15) is 14.9 Å². The summed E-state index contributed by atoms with van der Waals surface area (Å²) >= 11 is 6.02. The number of rotatable bonds is 6. The number of para-hydroxylation sites is 2. The molecule has 0 saturated carbocycles. The molecule has 6 nitrogen and oxygen atoms in total. The Hall–Kier alpha value is -3.30. The van der Waals surface area contributed by atoms with E-state index in [1.807, 2.05) is 6.07 Å². The van der Waals surface area contributed by atoms with Crippen molar-refractivity contribution in [2.45, 2.75) is 6.92 Å². The molecule has 0 saturated heterocycles. The average molecular weight is 370 g/mol. The lowest BCUT2D eigenvalue weighted by Crippen LogP contribution is -2.17. The van der Waals surface area contributed by atoms with Crippen LogP contribution in [0.25, 0.3) is 0 Å². The van der Waals surface area contributed by atoms with Gasteiger partial charge in [0.25, 0.3) is 5.91 Å². The molecule has 2 rings (SSSR count). The van der Waals surface area contributed by atoms with Gasteiger partial charge in [0.05, 0.1) is 28.6 Å². The summed E-state index contributed by atoms with van der Waals surface area (Å²) < 4.78 is 4.96. The Morgan fingerprint density at radius 1 is 1.15 bits per heavy atom. The maximum atomic E-state index is 12.4. The summed E-state index contributed by atoms with van der Waals surface area (Å²) in [5.41, 5.74) is 0.846. The summed E-state index contributed by atoms with van der Waals surface area (Å²) in [6, 6.07) is 15.1. The van der Waals surface area contributed by atoms with Gasteiger partial charge in [0.15, 0.2) is 0 Å². The first-order valence-corrected chi connectivity index (χ1v) is 8.13. The van der Waals surface area contributed by atoms with Gasteiger partial charge < -0.3 is 15.4 Å². The first-order valence-electron chi connectivity index (χ1n) is 7.75. The van der Waals surface area contributed by atoms with Crippen molar-refractivity contribution >= 4 is 34.9 Å². The SMILES string of the molecule is CCOC(=O)c1ccccc1NC(=O)/C(C#N)=C\Nc1ccccc1Cl. The van der Waals surface area contributed by atoms with E-state index in [0.29, 0.717) is 10.7 Å². The average Bonchev–Trinajstić information content (AvgIpc) is 2.64. The smallest absolute Gasteiger partial charge is 0.340 e. The number of benzene rings is 2. The highest BCUT2D eigenvalue weighted by Gasteiger charge is 2.16. The van der Waals surface area contributed by atoms with Crippen LogP contribution in [0.5, 0.6) is 0 Å². The first kappa shape index (κ1) is 19.0. The van der Waals surface area contributed by atoms with Crippen molar-refractivity contribution in [2.24, 2.45) is 0 Å². The number of carbonyl (C=O) groups excluding carboxylic acids is 2. The molecule has 0 bridgehead atoms. The van der Waals surface area contributed by atoms with Crippen molar-refractivity contribution < 1.29 is 14.3 Å². The summed E-state index contributed by atoms with van der Waals surface area (Å²) in [6.45, 7) is 1.90. The molecule has 1 amide bonds. The third kappa shape index (κ3) is 4.85. The second-order valence-electron chi connectivity index (χ2n) is 5.01. The van der Waals surface area contributed by atoms with Gasteiger partial charge in [-0.25, -0.2) is 4.79 Å². The Balaban J connectivity index is 2.18. The fraction of sp³-hybridized carbons (Fsp3) is 0.105. The second-order valence-corrected chi connectivity index (χ2v) is 5.42. The van der Waals surface area contributed by atoms with E-state index in [2.05, 4.69) is 10.6 Å². The number of halogens is 1. The molecule has 0 aliphatic heterocycles. The van der Waals surface area contributed by atoms with E-state index in [-0.39, 0.29) is 23.4 Å². The molecular formula is C19H16ClN3O3. The molecule has 0 aliphatic carbocycles. The minimum Gasteiger partial charge on any atom is -0.462 e. The molecule has 132 valence electrons. The Kier molecular flexibility index (Phi) is 6.77. The lowest BCUT2D eigenvalue weighted by Gasteiger charge is -2.10. The number of hydrogen-bond donors (Lipinski definition) is 2. The monoisotopic (exact) mass is 369 g/mol. The molecule has 7 heteroatoms. The normalized spacial score (nSPS) is 10.6. The van der Waals surface area contributed by atoms with Gasteiger partial charge in [-0.05, 0) is 31.2 Å². The van der Waals surface area contributed by atoms with Gasteiger partial charge in [0.1, 0.15) is 11.6 Å². The zero-order valence-electron chi connectivity index (χ0n) is 14.0. The van der Waals surface area contributed by atoms with Crippen LogP contribution in [0.3, 0.4) is 0 Å². The molecule has 0 spiro atoms. The zero-order chi connectivity index (χ0) is 18.9. The maximum absolute atomic E-state index is 12.4. The van der Waals surface area contributed by atoms with E-state index in [1.54, 1.807) is 49.4 Å². The highest BCUT2D eigenvalue weighted by atomic mass is 35.5. The van der Waals surface area contributed by atoms with E-state index in [4.69, 9.17) is 16.3 Å². The highest BCUT2D eigenvalue weighted by molar-refractivity contribution is 6.33. The molecule has 0 atom stereocenters. The van der Waals surface area contributed by atoms with Gasteiger partial charge in [0, 0.05) is 6.20 Å². The van der Waals surface area contributed by atoms with Crippen molar-refractivity contribution in [3.05, 3.63) is 70.9 Å². The number of nitrogens with zero attached hydrogens (tertiary/aromatic N) is 1. The van der Waals surface area contributed by atoms with Crippen molar-refractivity contribution in [3.63, 3.8) is 0 Å². The van der Waals surface area contributed by atoms with Crippen molar-refractivity contribution in [1.29, 1.82) is 5.26 Å². The predicted molar refractivity (Wildman–Crippen MR) is 99.8 cm³/mol. The van der Waals surface area contributed by atoms with Gasteiger partial charge in [-0.2, -0.15) is 5.26 Å². The number of hydrogen-bond acceptors (Lipinski definition) is 5. The molecule has 2 N–H and O–H groups in total. The minimum atomic E-state index is -0.663. The first-order chi connectivity index (χ1) is 12.6. The number of anilines is 2. The van der Waals surface area contributed by atoms with Crippen LogP contribution in [0.15, 0.2) is 60.3 Å². The molecule has 2 aromatic rings. The van der Waals surface area contributed by atoms with Crippen LogP contribution in [-0.2, 0) is 9.53 Å². The molecule has 0 radical (unpaired) electrons. The quantitative estimate of drug-likeness (QED) is 0.456. The fourth-order valence-corrected chi connectivity index (χ4v) is 2.24. The predicted octanol–water partition coefficient (Wildman–Crippen LogP) is 3.97. The van der Waals surface area contributed by atoms with Crippen LogP contribution in [0.4, 0.5) is 11.4 Å². The molecule has 0 fully saturated rings. The largest absolute Gasteiger partial charge is 0.462 e. The Morgan fingerprint density at radius 2 is 1.81 bits per heavy atom. The van der Waals surface area contributed by atoms with Crippen molar-refractivity contribution in [2.75, 3.05) is 17.2 Å². The highest BCUT2D eigenvalue weighted by Crippen LogP contribution is 2.21. The lowest BCUT2D eigenvalue weighted by atomic mass is 10.1. The molecular weight excluding hydrogens is 354 g/mol. The van der Waals surface area contributed by atoms with Crippen LogP contribution in [0.2, 0.25) is 5.02 Å². The van der Waals surface area contributed by atoms with Crippen LogP contribution in [0.1, 0.15) is 17.3 Å². The van der Waals surface area contributed by atoms with E-state index in [0.717, 1.165) is 0 Å². The Labute approximate surface area is 156 Å². The third-order valence-corrected chi connectivity index (χ3v) is 3.61. The molecule has 0 aromatic heterocycles. The number of amides is 1. The van der Waals surface area contributed by atoms with E-state index < -0.39 is 11.9 Å². The maximum Gasteiger partial charge on any atom is 0.340 e. The summed E-state index contributed by atoms with van der Waals surface area (Å²) in [7, 11) is 0. The molecule has 0 unspecified atom stereocenters. The summed E-state index contributed by atoms with van der Waals surface area (Å²) in [4.78, 5) is 24.3. The third-order valence-electron chi connectivity index (χ3n) is 3.28. The number of ether oxygens (including phenoxy) is 1. The van der Waals surface area contributed by atoms with Gasteiger partial charge in [-0.3, -0.25) is 4.79 Å². The van der Waals surface area contributed by atoms with Crippen LogP contribution >= 0.6 is 11.6 Å².